The largest absolute Gasteiger partial charge is 0.461 e. The number of halogens is 2. The molecule has 2 aliphatic rings. The van der Waals surface area contributed by atoms with Crippen LogP contribution in [0.2, 0.25) is 0 Å². The van der Waals surface area contributed by atoms with E-state index >= 15 is 0 Å². The first kappa shape index (κ1) is 39.4. The van der Waals surface area contributed by atoms with Gasteiger partial charge >= 0.3 is 11.9 Å². The number of aromatic nitrogens is 4. The summed E-state index contributed by atoms with van der Waals surface area (Å²) in [5.41, 5.74) is 2.72. The monoisotopic (exact) mass is 720 g/mol. The van der Waals surface area contributed by atoms with Gasteiger partial charge in [0.2, 0.25) is 0 Å². The van der Waals surface area contributed by atoms with E-state index in [1.807, 2.05) is 18.4 Å². The standard InChI is InChI=1S/2C21H29FN2O2/c1-5-20-23-17-11-15(22)7-9-18(17)24(20)12-21(25)26-19-10-14(4)6-8-16(19)13(2)3;1-5-20-23-17-9-7-15(22)11-18(17)24(20)12-21(25)26-19-10-14(4)6-8-16(19)13(2)3/h2*7,9,11,13-14,16,19H,5-6,8,10,12H2,1-4H3/t2*14-,16+,19-/m11/s1. The van der Waals surface area contributed by atoms with Gasteiger partial charge in [0, 0.05) is 18.9 Å². The molecule has 0 radical (unpaired) electrons. The lowest BCUT2D eigenvalue weighted by Crippen LogP contribution is -2.36. The molecule has 2 saturated carbocycles. The number of carbonyl (C=O) groups is 2. The second-order valence-electron chi connectivity index (χ2n) is 15.9. The summed E-state index contributed by atoms with van der Waals surface area (Å²) in [5, 5.41) is 0. The van der Waals surface area contributed by atoms with Crippen molar-refractivity contribution in [2.45, 2.75) is 132 Å². The Balaban J connectivity index is 0.000000201. The Morgan fingerprint density at radius 3 is 1.65 bits per heavy atom. The Bertz CT molecular complexity index is 1830. The molecular formula is C42H58F2N4O4. The van der Waals surface area contributed by atoms with E-state index in [-0.39, 0.29) is 48.9 Å². The minimum atomic E-state index is -0.323. The molecule has 2 heterocycles. The second kappa shape index (κ2) is 17.3. The van der Waals surface area contributed by atoms with Gasteiger partial charge in [0.05, 0.1) is 22.1 Å². The van der Waals surface area contributed by atoms with Crippen LogP contribution in [-0.4, -0.2) is 43.2 Å². The van der Waals surface area contributed by atoms with Crippen LogP contribution in [0.5, 0.6) is 0 Å². The number of esters is 2. The highest BCUT2D eigenvalue weighted by Crippen LogP contribution is 2.37. The van der Waals surface area contributed by atoms with E-state index in [1.54, 1.807) is 16.7 Å². The maximum atomic E-state index is 13.7. The van der Waals surface area contributed by atoms with Gasteiger partial charge in [0.25, 0.3) is 0 Å². The molecule has 4 aromatic rings. The Morgan fingerprint density at radius 2 is 1.15 bits per heavy atom. The van der Waals surface area contributed by atoms with Crippen molar-refractivity contribution < 1.29 is 27.8 Å². The van der Waals surface area contributed by atoms with Gasteiger partial charge in [-0.15, -0.1) is 0 Å². The maximum absolute atomic E-state index is 13.7. The number of hydrogen-bond donors (Lipinski definition) is 0. The molecule has 0 saturated heterocycles. The molecule has 0 aliphatic heterocycles. The SMILES string of the molecule is CCc1nc2cc(F)ccc2n1CC(=O)O[C@@H]1C[C@H](C)CC[C@H]1C(C)C.CCc1nc2ccc(F)cc2n1CC(=O)O[C@@H]1C[C@H](C)CC[C@H]1C(C)C. The second-order valence-corrected chi connectivity index (χ2v) is 15.9. The third-order valence-electron chi connectivity index (χ3n) is 11.3. The summed E-state index contributed by atoms with van der Waals surface area (Å²) in [6.07, 6.45) is 7.81. The summed E-state index contributed by atoms with van der Waals surface area (Å²) in [7, 11) is 0. The van der Waals surface area contributed by atoms with Crippen molar-refractivity contribution in [3.05, 3.63) is 59.7 Å². The van der Waals surface area contributed by atoms with Crippen LogP contribution in [0, 0.1) is 47.1 Å². The summed E-state index contributed by atoms with van der Waals surface area (Å²) >= 11 is 0. The molecule has 8 nitrogen and oxygen atoms in total. The van der Waals surface area contributed by atoms with Crippen molar-refractivity contribution in [2.24, 2.45) is 35.5 Å². The van der Waals surface area contributed by atoms with Gasteiger partial charge in [-0.05, 0) is 91.5 Å². The molecule has 0 spiro atoms. The molecule has 0 amide bonds. The number of benzene rings is 2. The van der Waals surface area contributed by atoms with Gasteiger partial charge in [-0.1, -0.05) is 68.2 Å². The Morgan fingerprint density at radius 1 is 0.692 bits per heavy atom. The quantitative estimate of drug-likeness (QED) is 0.152. The fourth-order valence-electron chi connectivity index (χ4n) is 8.36. The molecule has 2 aliphatic carbocycles. The lowest BCUT2D eigenvalue weighted by molar-refractivity contribution is -0.157. The van der Waals surface area contributed by atoms with Gasteiger partial charge in [-0.2, -0.15) is 0 Å². The van der Waals surface area contributed by atoms with E-state index in [4.69, 9.17) is 9.47 Å². The number of ether oxygens (including phenoxy) is 2. The molecule has 2 aromatic heterocycles. The average molecular weight is 721 g/mol. The highest BCUT2D eigenvalue weighted by atomic mass is 19.1. The Labute approximate surface area is 307 Å². The van der Waals surface area contributed by atoms with Gasteiger partial charge in [0.1, 0.15) is 48.6 Å². The number of carbonyl (C=O) groups excluding carboxylic acids is 2. The first-order valence-corrected chi connectivity index (χ1v) is 19.5. The summed E-state index contributed by atoms with van der Waals surface area (Å²) in [6.45, 7) is 17.4. The topological polar surface area (TPSA) is 88.2 Å². The van der Waals surface area contributed by atoms with Crippen LogP contribution in [0.3, 0.4) is 0 Å². The van der Waals surface area contributed by atoms with E-state index in [2.05, 4.69) is 51.5 Å². The molecule has 52 heavy (non-hydrogen) atoms. The number of imidazole rings is 2. The van der Waals surface area contributed by atoms with Crippen molar-refractivity contribution in [3.63, 3.8) is 0 Å². The van der Waals surface area contributed by atoms with E-state index in [0.717, 1.165) is 42.8 Å². The molecule has 0 unspecified atom stereocenters. The zero-order valence-electron chi connectivity index (χ0n) is 32.3. The lowest BCUT2D eigenvalue weighted by Gasteiger charge is -2.36. The Kier molecular flexibility index (Phi) is 13.1. The third kappa shape index (κ3) is 9.39. The number of aryl methyl sites for hydroxylation is 2. The van der Waals surface area contributed by atoms with Crippen LogP contribution in [0.15, 0.2) is 36.4 Å². The average Bonchev–Trinajstić information content (AvgIpc) is 3.60. The molecule has 0 N–H and O–H groups in total. The van der Waals surface area contributed by atoms with Crippen molar-refractivity contribution >= 4 is 34.0 Å². The number of rotatable bonds is 10. The molecule has 6 rings (SSSR count). The fraction of sp³-hybridized carbons (Fsp3) is 0.619. The minimum Gasteiger partial charge on any atom is -0.461 e. The van der Waals surface area contributed by atoms with Crippen molar-refractivity contribution in [1.29, 1.82) is 0 Å². The van der Waals surface area contributed by atoms with Crippen molar-refractivity contribution in [2.75, 3.05) is 0 Å². The van der Waals surface area contributed by atoms with Crippen LogP contribution in [-0.2, 0) is 45.0 Å². The van der Waals surface area contributed by atoms with Crippen molar-refractivity contribution in [1.82, 2.24) is 19.1 Å². The summed E-state index contributed by atoms with van der Waals surface area (Å²) < 4.78 is 42.6. The highest BCUT2D eigenvalue weighted by Gasteiger charge is 2.35. The molecule has 10 heteroatoms. The van der Waals surface area contributed by atoms with Gasteiger partial charge in [-0.3, -0.25) is 9.59 Å². The zero-order chi connectivity index (χ0) is 37.7. The molecule has 2 fully saturated rings. The molecule has 284 valence electrons. The van der Waals surface area contributed by atoms with Gasteiger partial charge in [-0.25, -0.2) is 18.7 Å². The maximum Gasteiger partial charge on any atom is 0.326 e. The Hall–Kier alpha value is -3.82. The first-order chi connectivity index (χ1) is 24.8. The summed E-state index contributed by atoms with van der Waals surface area (Å²) in [6, 6.07) is 8.99. The predicted molar refractivity (Wildman–Crippen MR) is 201 cm³/mol. The molecule has 2 aromatic carbocycles. The zero-order valence-corrected chi connectivity index (χ0v) is 32.3. The van der Waals surface area contributed by atoms with E-state index < -0.39 is 0 Å². The minimum absolute atomic E-state index is 0.0106. The number of fused-ring (bicyclic) bond motifs is 2. The normalized spacial score (nSPS) is 23.5. The molecular weight excluding hydrogens is 662 g/mol. The van der Waals surface area contributed by atoms with E-state index in [0.29, 0.717) is 64.9 Å². The summed E-state index contributed by atoms with van der Waals surface area (Å²) in [4.78, 5) is 34.4. The lowest BCUT2D eigenvalue weighted by atomic mass is 9.75. The van der Waals surface area contributed by atoms with Crippen LogP contribution in [0.25, 0.3) is 22.1 Å². The van der Waals surface area contributed by atoms with E-state index in [1.165, 1.54) is 37.1 Å². The molecule has 6 atom stereocenters. The van der Waals surface area contributed by atoms with Crippen LogP contribution in [0.4, 0.5) is 8.78 Å². The van der Waals surface area contributed by atoms with Gasteiger partial charge < -0.3 is 18.6 Å². The third-order valence-corrected chi connectivity index (χ3v) is 11.3. The van der Waals surface area contributed by atoms with Crippen molar-refractivity contribution in [3.8, 4) is 0 Å². The van der Waals surface area contributed by atoms with Crippen LogP contribution < -0.4 is 0 Å². The number of nitrogens with zero attached hydrogens (tertiary/aromatic N) is 4. The fourth-order valence-corrected chi connectivity index (χ4v) is 8.36. The van der Waals surface area contributed by atoms with Gasteiger partial charge in [0.15, 0.2) is 0 Å². The van der Waals surface area contributed by atoms with Crippen LogP contribution in [0.1, 0.15) is 106 Å². The summed E-state index contributed by atoms with van der Waals surface area (Å²) in [5.74, 6) is 3.44. The number of hydrogen-bond acceptors (Lipinski definition) is 6. The smallest absolute Gasteiger partial charge is 0.326 e. The highest BCUT2D eigenvalue weighted by molar-refractivity contribution is 5.80. The molecule has 0 bridgehead atoms. The van der Waals surface area contributed by atoms with E-state index in [9.17, 15) is 18.4 Å². The predicted octanol–water partition coefficient (Wildman–Crippen LogP) is 9.48. The van der Waals surface area contributed by atoms with Crippen LogP contribution >= 0.6 is 0 Å². The first-order valence-electron chi connectivity index (χ1n) is 19.5.